The van der Waals surface area contributed by atoms with E-state index in [1.54, 1.807) is 6.33 Å². The van der Waals surface area contributed by atoms with Gasteiger partial charge in [-0.1, -0.05) is 62.4 Å². The van der Waals surface area contributed by atoms with Gasteiger partial charge in [-0.25, -0.2) is 9.97 Å². The number of nitrogens with one attached hydrogen (secondary N) is 3. The lowest BCUT2D eigenvalue weighted by molar-refractivity contribution is -0.137. The highest BCUT2D eigenvalue weighted by Gasteiger charge is 2.36. The Bertz CT molecular complexity index is 1310. The molecule has 0 saturated carbocycles. The lowest BCUT2D eigenvalue weighted by Gasteiger charge is -2.29. The molecule has 1 saturated heterocycles. The number of rotatable bonds is 8. The van der Waals surface area contributed by atoms with Crippen LogP contribution in [-0.4, -0.2) is 49.7 Å². The van der Waals surface area contributed by atoms with Crippen LogP contribution in [0.1, 0.15) is 38.6 Å². The third-order valence-corrected chi connectivity index (χ3v) is 6.85. The minimum atomic E-state index is -0.529. The van der Waals surface area contributed by atoms with Crippen LogP contribution in [0.2, 0.25) is 0 Å². The molecule has 184 valence electrons. The first-order chi connectivity index (χ1) is 17.5. The molecule has 5 rings (SSSR count). The van der Waals surface area contributed by atoms with Gasteiger partial charge in [-0.05, 0) is 41.0 Å². The molecule has 2 aromatic carbocycles. The van der Waals surface area contributed by atoms with Gasteiger partial charge >= 0.3 is 0 Å². The van der Waals surface area contributed by atoms with Gasteiger partial charge in [0.2, 0.25) is 12.3 Å². The van der Waals surface area contributed by atoms with Crippen LogP contribution in [0.25, 0.3) is 33.6 Å². The number of H-pyrrole nitrogens is 2. The molecule has 0 spiro atoms. The maximum Gasteiger partial charge on any atom is 0.246 e. The topological polar surface area (TPSA) is 107 Å². The molecular weight excluding hydrogens is 452 g/mol. The first-order valence-electron chi connectivity index (χ1n) is 12.3. The second kappa shape index (κ2) is 10.2. The Morgan fingerprint density at radius 1 is 1.00 bits per heavy atom. The summed E-state index contributed by atoms with van der Waals surface area (Å²) in [6.45, 7) is 4.54. The summed E-state index contributed by atoms with van der Waals surface area (Å²) >= 11 is 0. The molecule has 8 heteroatoms. The molecule has 0 aliphatic carbocycles. The van der Waals surface area contributed by atoms with E-state index in [0.29, 0.717) is 13.0 Å². The van der Waals surface area contributed by atoms with Crippen LogP contribution in [0, 0.1) is 5.92 Å². The van der Waals surface area contributed by atoms with E-state index in [2.05, 4.69) is 73.8 Å². The van der Waals surface area contributed by atoms with E-state index in [9.17, 15) is 9.59 Å². The van der Waals surface area contributed by atoms with Gasteiger partial charge in [-0.2, -0.15) is 0 Å². The maximum absolute atomic E-state index is 13.2. The largest absolute Gasteiger partial charge is 0.347 e. The normalized spacial score (nSPS) is 16.3. The molecule has 1 aliphatic heterocycles. The molecule has 36 heavy (non-hydrogen) atoms. The highest BCUT2D eigenvalue weighted by molar-refractivity contribution is 5.84. The van der Waals surface area contributed by atoms with E-state index >= 15 is 0 Å². The van der Waals surface area contributed by atoms with E-state index in [0.717, 1.165) is 52.3 Å². The number of imidazole rings is 2. The minimum absolute atomic E-state index is 0.0105. The molecule has 0 radical (unpaired) electrons. The van der Waals surface area contributed by atoms with Gasteiger partial charge in [-0.15, -0.1) is 0 Å². The van der Waals surface area contributed by atoms with Crippen molar-refractivity contribution in [2.45, 2.75) is 38.8 Å². The fourth-order valence-corrected chi connectivity index (χ4v) is 4.87. The van der Waals surface area contributed by atoms with Gasteiger partial charge in [0.1, 0.15) is 11.9 Å². The Balaban J connectivity index is 1.31. The second-order valence-electron chi connectivity index (χ2n) is 9.50. The van der Waals surface area contributed by atoms with E-state index < -0.39 is 6.04 Å². The second-order valence-corrected chi connectivity index (χ2v) is 9.50. The molecule has 2 unspecified atom stereocenters. The van der Waals surface area contributed by atoms with Crippen molar-refractivity contribution in [2.75, 3.05) is 6.54 Å². The number of carbonyl (C=O) groups is 2. The Hall–Kier alpha value is -4.20. The van der Waals surface area contributed by atoms with Crippen molar-refractivity contribution in [2.24, 2.45) is 5.92 Å². The zero-order valence-electron chi connectivity index (χ0n) is 20.4. The van der Waals surface area contributed by atoms with Crippen molar-refractivity contribution in [1.29, 1.82) is 0 Å². The minimum Gasteiger partial charge on any atom is -0.347 e. The predicted molar refractivity (Wildman–Crippen MR) is 139 cm³/mol. The molecule has 1 aliphatic rings. The summed E-state index contributed by atoms with van der Waals surface area (Å²) in [6, 6.07) is 16.1. The molecule has 2 atom stereocenters. The van der Waals surface area contributed by atoms with E-state index in [-0.39, 0.29) is 17.9 Å². The van der Waals surface area contributed by atoms with Gasteiger partial charge in [0.05, 0.1) is 36.2 Å². The summed E-state index contributed by atoms with van der Waals surface area (Å²) in [4.78, 5) is 41.3. The summed E-state index contributed by atoms with van der Waals surface area (Å²) < 4.78 is 0. The molecular formula is C28H30N6O2. The average molecular weight is 483 g/mol. The first-order valence-corrected chi connectivity index (χ1v) is 12.3. The van der Waals surface area contributed by atoms with Gasteiger partial charge < -0.3 is 20.2 Å². The van der Waals surface area contributed by atoms with E-state index in [4.69, 9.17) is 0 Å². The van der Waals surface area contributed by atoms with Crippen LogP contribution in [0.3, 0.4) is 0 Å². The third-order valence-electron chi connectivity index (χ3n) is 6.85. The van der Waals surface area contributed by atoms with Crippen LogP contribution in [0.15, 0.2) is 67.3 Å². The van der Waals surface area contributed by atoms with Crippen LogP contribution < -0.4 is 5.32 Å². The number of benzene rings is 2. The van der Waals surface area contributed by atoms with Crippen LogP contribution in [-0.2, 0) is 9.59 Å². The summed E-state index contributed by atoms with van der Waals surface area (Å²) in [6.07, 6.45) is 7.68. The van der Waals surface area contributed by atoms with E-state index in [1.807, 2.05) is 31.1 Å². The predicted octanol–water partition coefficient (Wildman–Crippen LogP) is 4.57. The van der Waals surface area contributed by atoms with Crippen LogP contribution in [0.4, 0.5) is 0 Å². The van der Waals surface area contributed by atoms with Crippen molar-refractivity contribution < 1.29 is 9.59 Å². The van der Waals surface area contributed by atoms with Crippen LogP contribution in [0.5, 0.6) is 0 Å². The molecule has 8 nitrogen and oxygen atoms in total. The smallest absolute Gasteiger partial charge is 0.246 e. The summed E-state index contributed by atoms with van der Waals surface area (Å²) in [5.74, 6) is 0.736. The SMILES string of the molecule is CC(C)C(NC=O)C(=O)N1CCCC1c1ncc(-c2ccc(-c3ccc(-c4cnc[nH]4)cc3)cc2)[nH]1. The summed E-state index contributed by atoms with van der Waals surface area (Å²) in [5, 5.41) is 2.68. The number of hydrogen-bond acceptors (Lipinski definition) is 4. The van der Waals surface area contributed by atoms with Gasteiger partial charge in [0, 0.05) is 6.54 Å². The number of aromatic nitrogens is 4. The number of hydrogen-bond donors (Lipinski definition) is 3. The van der Waals surface area contributed by atoms with Gasteiger partial charge in [0.25, 0.3) is 0 Å². The van der Waals surface area contributed by atoms with Crippen LogP contribution >= 0.6 is 0 Å². The summed E-state index contributed by atoms with van der Waals surface area (Å²) in [5.41, 5.74) is 6.30. The number of aromatic amines is 2. The Labute approximate surface area is 210 Å². The molecule has 3 heterocycles. The van der Waals surface area contributed by atoms with Crippen molar-refractivity contribution in [3.63, 3.8) is 0 Å². The number of nitrogens with zero attached hydrogens (tertiary/aromatic N) is 3. The average Bonchev–Trinajstić information content (AvgIpc) is 3.68. The lowest BCUT2D eigenvalue weighted by atomic mass is 10.0. The van der Waals surface area contributed by atoms with Gasteiger partial charge in [-0.3, -0.25) is 9.59 Å². The zero-order chi connectivity index (χ0) is 25.1. The number of amides is 2. The maximum atomic E-state index is 13.2. The number of likely N-dealkylation sites (tertiary alicyclic amines) is 1. The quantitative estimate of drug-likeness (QED) is 0.320. The highest BCUT2D eigenvalue weighted by atomic mass is 16.2. The van der Waals surface area contributed by atoms with E-state index in [1.165, 1.54) is 0 Å². The lowest BCUT2D eigenvalue weighted by Crippen LogP contribution is -2.48. The van der Waals surface area contributed by atoms with Crippen molar-refractivity contribution in [3.8, 4) is 33.6 Å². The third kappa shape index (κ3) is 4.66. The standard InChI is InChI=1S/C28H30N6O2/c1-18(2)26(32-17-35)28(36)34-13-3-4-25(34)27-30-15-24(33-27)22-11-7-20(8-12-22)19-5-9-21(10-6-19)23-14-29-16-31-23/h5-12,14-18,25-26H,3-4,13H2,1-2H3,(H,29,31)(H,30,33)(H,32,35). The van der Waals surface area contributed by atoms with Crippen molar-refractivity contribution in [1.82, 2.24) is 30.2 Å². The molecule has 4 aromatic rings. The fraction of sp³-hybridized carbons (Fsp3) is 0.286. The molecule has 2 aromatic heterocycles. The Kier molecular flexibility index (Phi) is 6.66. The highest BCUT2D eigenvalue weighted by Crippen LogP contribution is 2.33. The number of carbonyl (C=O) groups excluding carboxylic acids is 2. The Morgan fingerprint density at radius 2 is 1.64 bits per heavy atom. The molecule has 2 amide bonds. The fourth-order valence-electron chi connectivity index (χ4n) is 4.87. The van der Waals surface area contributed by atoms with Crippen molar-refractivity contribution in [3.05, 3.63) is 73.1 Å². The van der Waals surface area contributed by atoms with Crippen molar-refractivity contribution >= 4 is 12.3 Å². The monoisotopic (exact) mass is 482 g/mol. The Morgan fingerprint density at radius 3 is 2.22 bits per heavy atom. The van der Waals surface area contributed by atoms with Gasteiger partial charge in [0.15, 0.2) is 0 Å². The molecule has 1 fully saturated rings. The molecule has 0 bridgehead atoms. The summed E-state index contributed by atoms with van der Waals surface area (Å²) in [7, 11) is 0. The first kappa shape index (κ1) is 23.5. The molecule has 3 N–H and O–H groups in total. The zero-order valence-corrected chi connectivity index (χ0v) is 20.4.